The summed E-state index contributed by atoms with van der Waals surface area (Å²) in [6, 6.07) is 0. The van der Waals surface area contributed by atoms with E-state index in [0.717, 1.165) is 0 Å². The van der Waals surface area contributed by atoms with E-state index in [0.29, 0.717) is 4.77 Å². The monoisotopic (exact) mass is 139 g/mol. The normalized spacial score (nSPS) is 8.12. The van der Waals surface area contributed by atoms with Crippen LogP contribution in [0.3, 0.4) is 0 Å². The van der Waals surface area contributed by atoms with Gasteiger partial charge in [-0.3, -0.25) is 5.10 Å². The summed E-state index contributed by atoms with van der Waals surface area (Å²) in [7, 11) is 1.84. The van der Waals surface area contributed by atoms with E-state index in [1.54, 1.807) is 10.9 Å². The van der Waals surface area contributed by atoms with Gasteiger partial charge in [0.05, 0.1) is 0 Å². The first-order valence-corrected chi connectivity index (χ1v) is 2.27. The molecule has 0 spiro atoms. The molecule has 40 valence electrons. The summed E-state index contributed by atoms with van der Waals surface area (Å²) in [5.74, 6) is 0. The number of aromatic nitrogens is 3. The van der Waals surface area contributed by atoms with Crippen molar-refractivity contribution < 1.29 is 31.0 Å². The number of rotatable bonds is 0. The summed E-state index contributed by atoms with van der Waals surface area (Å²) >= 11 is 4.73. The first-order chi connectivity index (χ1) is 3.30. The van der Waals surface area contributed by atoms with Gasteiger partial charge in [-0.25, -0.2) is 0 Å². The fourth-order valence-electron chi connectivity index (χ4n) is 0.302. The molecule has 0 aliphatic rings. The van der Waals surface area contributed by atoms with Gasteiger partial charge in [-0.2, -0.15) is 5.10 Å². The largest absolute Gasteiger partial charge is 1.00 e. The van der Waals surface area contributed by atoms with E-state index in [4.69, 9.17) is 12.2 Å². The number of nitrogens with one attached hydrogen (secondary N) is 1. The van der Waals surface area contributed by atoms with Gasteiger partial charge in [0.1, 0.15) is 6.33 Å². The predicted molar refractivity (Wildman–Crippen MR) is 29.5 cm³/mol. The number of aromatic amines is 1. The molecule has 0 aromatic carbocycles. The molecule has 0 bridgehead atoms. The number of hydrogen-bond donors (Lipinski definition) is 1. The van der Waals surface area contributed by atoms with Gasteiger partial charge in [-0.1, -0.05) is 0 Å². The Morgan fingerprint density at radius 2 is 2.62 bits per heavy atom. The van der Waals surface area contributed by atoms with Crippen LogP contribution in [0.15, 0.2) is 6.33 Å². The Labute approximate surface area is 75.9 Å². The van der Waals surface area contributed by atoms with E-state index in [1.807, 2.05) is 7.05 Å². The molecular formula is C3H6N3NaS. The van der Waals surface area contributed by atoms with Gasteiger partial charge in [-0.05, 0) is 12.2 Å². The van der Waals surface area contributed by atoms with Crippen LogP contribution < -0.4 is 29.6 Å². The summed E-state index contributed by atoms with van der Waals surface area (Å²) in [5.41, 5.74) is 0. The number of hydrogen-bond acceptors (Lipinski definition) is 2. The zero-order valence-electron chi connectivity index (χ0n) is 5.88. The van der Waals surface area contributed by atoms with Crippen LogP contribution in [-0.2, 0) is 7.05 Å². The summed E-state index contributed by atoms with van der Waals surface area (Å²) < 4.78 is 2.38. The van der Waals surface area contributed by atoms with Crippen LogP contribution in [-0.4, -0.2) is 14.8 Å². The zero-order chi connectivity index (χ0) is 5.28. The number of nitrogens with zero attached hydrogens (tertiary/aromatic N) is 2. The zero-order valence-corrected chi connectivity index (χ0v) is 7.70. The first kappa shape index (κ1) is 8.36. The topological polar surface area (TPSA) is 33.6 Å². The van der Waals surface area contributed by atoms with Crippen molar-refractivity contribution in [2.45, 2.75) is 0 Å². The van der Waals surface area contributed by atoms with Gasteiger partial charge in [0.2, 0.25) is 0 Å². The molecule has 5 heteroatoms. The summed E-state index contributed by atoms with van der Waals surface area (Å²) in [4.78, 5) is 0. The summed E-state index contributed by atoms with van der Waals surface area (Å²) in [6.45, 7) is 0. The van der Waals surface area contributed by atoms with Crippen molar-refractivity contribution in [2.75, 3.05) is 0 Å². The molecule has 8 heavy (non-hydrogen) atoms. The third-order valence-corrected chi connectivity index (χ3v) is 1.09. The fraction of sp³-hybridized carbons (Fsp3) is 0.333. The van der Waals surface area contributed by atoms with E-state index in [-0.39, 0.29) is 31.0 Å². The van der Waals surface area contributed by atoms with Crippen LogP contribution in [0.1, 0.15) is 1.43 Å². The molecule has 1 heterocycles. The van der Waals surface area contributed by atoms with Crippen molar-refractivity contribution in [1.29, 1.82) is 0 Å². The van der Waals surface area contributed by atoms with Crippen LogP contribution in [0.4, 0.5) is 0 Å². The van der Waals surface area contributed by atoms with Crippen LogP contribution in [0.5, 0.6) is 0 Å². The second kappa shape index (κ2) is 3.40. The molecule has 3 nitrogen and oxygen atoms in total. The average molecular weight is 139 g/mol. The van der Waals surface area contributed by atoms with Crippen molar-refractivity contribution in [3.05, 3.63) is 11.1 Å². The Morgan fingerprint density at radius 1 is 2.00 bits per heavy atom. The molecule has 1 rings (SSSR count). The van der Waals surface area contributed by atoms with E-state index in [1.165, 1.54) is 0 Å². The van der Waals surface area contributed by atoms with Crippen molar-refractivity contribution >= 4 is 12.2 Å². The third-order valence-electron chi connectivity index (χ3n) is 0.711. The maximum atomic E-state index is 4.73. The second-order valence-corrected chi connectivity index (χ2v) is 1.66. The molecule has 0 amide bonds. The van der Waals surface area contributed by atoms with E-state index >= 15 is 0 Å². The number of H-pyrrole nitrogens is 1. The van der Waals surface area contributed by atoms with Crippen molar-refractivity contribution in [3.63, 3.8) is 0 Å². The van der Waals surface area contributed by atoms with Crippen molar-refractivity contribution in [1.82, 2.24) is 14.8 Å². The minimum absolute atomic E-state index is 0. The summed E-state index contributed by atoms with van der Waals surface area (Å²) in [6.07, 6.45) is 1.63. The van der Waals surface area contributed by atoms with Crippen molar-refractivity contribution in [2.24, 2.45) is 7.05 Å². The smallest absolute Gasteiger partial charge is 1.00 e. The van der Waals surface area contributed by atoms with Crippen LogP contribution in [0, 0.1) is 4.77 Å². The minimum Gasteiger partial charge on any atom is -1.00 e. The molecule has 0 aliphatic heterocycles. The average Bonchev–Trinajstić information content (AvgIpc) is 1.91. The molecule has 0 unspecified atom stereocenters. The molecule has 0 aliphatic carbocycles. The maximum absolute atomic E-state index is 4.73. The van der Waals surface area contributed by atoms with Crippen LogP contribution >= 0.6 is 12.2 Å². The van der Waals surface area contributed by atoms with Gasteiger partial charge in [0.25, 0.3) is 0 Å². The fourth-order valence-corrected chi connectivity index (χ4v) is 0.402. The molecule has 0 saturated heterocycles. The van der Waals surface area contributed by atoms with Crippen molar-refractivity contribution in [3.8, 4) is 0 Å². The minimum atomic E-state index is 0. The summed E-state index contributed by atoms with van der Waals surface area (Å²) in [5, 5.41) is 6.25. The molecule has 1 aromatic rings. The SMILES string of the molecule is Cn1cn[nH]c1=S.[H-].[Na+]. The Balaban J connectivity index is 0. The first-order valence-electron chi connectivity index (χ1n) is 1.86. The standard InChI is InChI=1S/C3H5N3S.Na.H/c1-6-2-4-5-3(6)7;;/h2H,1H3,(H,5,7);;/q;+1;-1. The maximum Gasteiger partial charge on any atom is 1.00 e. The van der Waals surface area contributed by atoms with Gasteiger partial charge < -0.3 is 5.99 Å². The molecule has 0 saturated carbocycles. The Bertz CT molecular complexity index is 207. The van der Waals surface area contributed by atoms with Gasteiger partial charge in [-0.15, -0.1) is 0 Å². The third kappa shape index (κ3) is 1.70. The van der Waals surface area contributed by atoms with E-state index in [2.05, 4.69) is 10.2 Å². The molecule has 0 fully saturated rings. The Hall–Kier alpha value is 0.360. The van der Waals surface area contributed by atoms with Crippen LogP contribution in [0.25, 0.3) is 0 Å². The predicted octanol–water partition coefficient (Wildman–Crippen LogP) is -2.41. The second-order valence-electron chi connectivity index (χ2n) is 1.27. The Morgan fingerprint density at radius 3 is 2.75 bits per heavy atom. The molecule has 1 aromatic heterocycles. The Kier molecular flexibility index (Phi) is 3.55. The van der Waals surface area contributed by atoms with Gasteiger partial charge in [0, 0.05) is 7.05 Å². The number of aryl methyl sites for hydroxylation is 1. The van der Waals surface area contributed by atoms with E-state index in [9.17, 15) is 0 Å². The molecule has 0 atom stereocenters. The quantitative estimate of drug-likeness (QED) is 0.321. The molecular weight excluding hydrogens is 133 g/mol. The van der Waals surface area contributed by atoms with E-state index < -0.39 is 0 Å². The van der Waals surface area contributed by atoms with Crippen LogP contribution in [0.2, 0.25) is 0 Å². The van der Waals surface area contributed by atoms with Gasteiger partial charge >= 0.3 is 29.6 Å². The molecule has 1 N–H and O–H groups in total. The molecule has 0 radical (unpaired) electrons. The van der Waals surface area contributed by atoms with Gasteiger partial charge in [0.15, 0.2) is 4.77 Å².